The number of carbonyl (C=O) groups is 1. The highest BCUT2D eigenvalue weighted by Crippen LogP contribution is 2.30. The van der Waals surface area contributed by atoms with Gasteiger partial charge in [-0.2, -0.15) is 5.10 Å². The molecule has 150 valence electrons. The van der Waals surface area contributed by atoms with Gasteiger partial charge in [-0.1, -0.05) is 44.0 Å². The van der Waals surface area contributed by atoms with Crippen LogP contribution in [0.1, 0.15) is 56.8 Å². The van der Waals surface area contributed by atoms with Crippen molar-refractivity contribution in [3.63, 3.8) is 0 Å². The maximum atomic E-state index is 11.1. The Labute approximate surface area is 171 Å². The topological polar surface area (TPSA) is 75.2 Å². The molecule has 1 aromatic heterocycles. The number of rotatable bonds is 8. The normalized spacial score (nSPS) is 13.0. The predicted molar refractivity (Wildman–Crippen MR) is 114 cm³/mol. The number of H-pyrrole nitrogens is 1. The largest absolute Gasteiger partial charge is 0.486 e. The average molecular weight is 390 g/mol. The van der Waals surface area contributed by atoms with Crippen LogP contribution in [0.3, 0.4) is 0 Å². The second-order valence-corrected chi connectivity index (χ2v) is 7.57. The number of fused-ring (bicyclic) bond motifs is 1. The number of carboxylic acid groups (broad SMARTS) is 1. The molecule has 2 aromatic carbocycles. The number of benzene rings is 2. The van der Waals surface area contributed by atoms with Gasteiger partial charge in [-0.05, 0) is 48.6 Å². The van der Waals surface area contributed by atoms with Crippen molar-refractivity contribution in [3.8, 4) is 17.6 Å². The lowest BCUT2D eigenvalue weighted by atomic mass is 9.96. The molecule has 0 saturated carbocycles. The Bertz CT molecular complexity index is 1030. The van der Waals surface area contributed by atoms with Crippen LogP contribution in [0, 0.1) is 17.8 Å². The number of hydrogen-bond acceptors (Lipinski definition) is 3. The van der Waals surface area contributed by atoms with Crippen molar-refractivity contribution < 1.29 is 14.6 Å². The molecule has 0 aliphatic carbocycles. The van der Waals surface area contributed by atoms with Gasteiger partial charge < -0.3 is 9.84 Å². The summed E-state index contributed by atoms with van der Waals surface area (Å²) in [5.74, 6) is 5.84. The molecule has 0 amide bonds. The second-order valence-electron chi connectivity index (χ2n) is 7.57. The van der Waals surface area contributed by atoms with Gasteiger partial charge in [0.25, 0.3) is 0 Å². The van der Waals surface area contributed by atoms with Crippen molar-refractivity contribution in [2.75, 3.05) is 0 Å². The lowest BCUT2D eigenvalue weighted by Gasteiger charge is -2.22. The fourth-order valence-corrected chi connectivity index (χ4v) is 3.38. The van der Waals surface area contributed by atoms with E-state index in [4.69, 9.17) is 9.84 Å². The van der Waals surface area contributed by atoms with Gasteiger partial charge in [0.15, 0.2) is 0 Å². The molecule has 0 radical (unpaired) electrons. The number of ether oxygens (including phenoxy) is 1. The minimum absolute atomic E-state index is 0.0127. The van der Waals surface area contributed by atoms with Crippen LogP contribution in [-0.2, 0) is 4.79 Å². The van der Waals surface area contributed by atoms with E-state index in [1.54, 1.807) is 6.92 Å². The fraction of sp³-hybridized carbons (Fsp3) is 0.333. The SMILES string of the molecule is CC#CC(CC(=O)O)c1ccc(O[C@@H](CC(C)C)c2ccc3cn[nH]c3c2)cc1. The van der Waals surface area contributed by atoms with Crippen molar-refractivity contribution in [1.82, 2.24) is 10.2 Å². The van der Waals surface area contributed by atoms with E-state index in [1.807, 2.05) is 36.5 Å². The first-order valence-corrected chi connectivity index (χ1v) is 9.80. The number of carboxylic acids is 1. The first-order chi connectivity index (χ1) is 14.0. The van der Waals surface area contributed by atoms with Gasteiger partial charge in [0, 0.05) is 5.39 Å². The molecule has 3 aromatic rings. The van der Waals surface area contributed by atoms with Crippen molar-refractivity contribution in [1.29, 1.82) is 0 Å². The lowest BCUT2D eigenvalue weighted by Crippen LogP contribution is -2.11. The minimum Gasteiger partial charge on any atom is -0.486 e. The quantitative estimate of drug-likeness (QED) is 0.511. The van der Waals surface area contributed by atoms with Gasteiger partial charge in [-0.25, -0.2) is 0 Å². The molecule has 0 aliphatic rings. The summed E-state index contributed by atoms with van der Waals surface area (Å²) in [7, 11) is 0. The zero-order valence-electron chi connectivity index (χ0n) is 17.0. The summed E-state index contributed by atoms with van der Waals surface area (Å²) in [5.41, 5.74) is 2.97. The molecule has 2 atom stereocenters. The molecular weight excluding hydrogens is 364 g/mol. The van der Waals surface area contributed by atoms with E-state index in [9.17, 15) is 4.79 Å². The zero-order chi connectivity index (χ0) is 20.8. The van der Waals surface area contributed by atoms with Crippen LogP contribution < -0.4 is 4.74 Å². The fourth-order valence-electron chi connectivity index (χ4n) is 3.38. The maximum absolute atomic E-state index is 11.1. The Hall–Kier alpha value is -3.26. The van der Waals surface area contributed by atoms with E-state index in [2.05, 4.69) is 48.0 Å². The molecule has 0 fully saturated rings. The Balaban J connectivity index is 1.81. The predicted octanol–water partition coefficient (Wildman–Crippen LogP) is 5.31. The third kappa shape index (κ3) is 5.39. The number of nitrogens with zero attached hydrogens (tertiary/aromatic N) is 1. The first-order valence-electron chi connectivity index (χ1n) is 9.80. The molecule has 3 rings (SSSR count). The Morgan fingerprint density at radius 3 is 2.55 bits per heavy atom. The van der Waals surface area contributed by atoms with Crippen LogP contribution >= 0.6 is 0 Å². The van der Waals surface area contributed by atoms with Gasteiger partial charge in [-0.3, -0.25) is 9.89 Å². The van der Waals surface area contributed by atoms with Gasteiger partial charge in [0.2, 0.25) is 0 Å². The molecule has 0 spiro atoms. The number of nitrogens with one attached hydrogen (secondary N) is 1. The Morgan fingerprint density at radius 2 is 1.90 bits per heavy atom. The van der Waals surface area contributed by atoms with Crippen LogP contribution in [0.2, 0.25) is 0 Å². The highest BCUT2D eigenvalue weighted by atomic mass is 16.5. The van der Waals surface area contributed by atoms with Crippen molar-refractivity contribution in [3.05, 3.63) is 59.8 Å². The second kappa shape index (κ2) is 9.29. The van der Waals surface area contributed by atoms with E-state index < -0.39 is 5.97 Å². The Kier molecular flexibility index (Phi) is 6.56. The van der Waals surface area contributed by atoms with E-state index in [1.165, 1.54) is 0 Å². The number of aliphatic carboxylic acids is 1. The summed E-state index contributed by atoms with van der Waals surface area (Å²) in [4.78, 5) is 11.1. The molecule has 0 bridgehead atoms. The summed E-state index contributed by atoms with van der Waals surface area (Å²) < 4.78 is 6.33. The Morgan fingerprint density at radius 1 is 1.17 bits per heavy atom. The summed E-state index contributed by atoms with van der Waals surface area (Å²) in [5, 5.41) is 17.3. The van der Waals surface area contributed by atoms with Crippen LogP contribution in [0.5, 0.6) is 5.75 Å². The van der Waals surface area contributed by atoms with E-state index in [0.29, 0.717) is 5.92 Å². The highest BCUT2D eigenvalue weighted by Gasteiger charge is 2.18. The van der Waals surface area contributed by atoms with Crippen LogP contribution in [-0.4, -0.2) is 21.3 Å². The molecule has 29 heavy (non-hydrogen) atoms. The standard InChI is InChI=1S/C24H26N2O3/c1-4-5-18(14-24(27)28)17-8-10-21(11-9-17)29-23(12-16(2)3)19-6-7-20-15-25-26-22(20)13-19/h6-11,13,15-16,18,23H,12,14H2,1-3H3,(H,25,26)(H,27,28)/t18?,23-/m0/s1. The third-order valence-corrected chi connectivity index (χ3v) is 4.78. The minimum atomic E-state index is -0.857. The maximum Gasteiger partial charge on any atom is 0.304 e. The summed E-state index contributed by atoms with van der Waals surface area (Å²) in [6.07, 6.45) is 2.59. The molecule has 2 N–H and O–H groups in total. The molecule has 0 aliphatic heterocycles. The third-order valence-electron chi connectivity index (χ3n) is 4.78. The molecule has 5 heteroatoms. The average Bonchev–Trinajstić information content (AvgIpc) is 3.15. The molecule has 5 nitrogen and oxygen atoms in total. The number of aromatic nitrogens is 2. The molecule has 1 heterocycles. The van der Waals surface area contributed by atoms with Crippen LogP contribution in [0.25, 0.3) is 10.9 Å². The monoisotopic (exact) mass is 390 g/mol. The van der Waals surface area contributed by atoms with Crippen molar-refractivity contribution in [2.45, 2.75) is 45.6 Å². The first kappa shape index (κ1) is 20.5. The van der Waals surface area contributed by atoms with E-state index in [0.717, 1.165) is 34.2 Å². The summed E-state index contributed by atoms with van der Waals surface area (Å²) in [6, 6.07) is 13.8. The van der Waals surface area contributed by atoms with Gasteiger partial charge in [-0.15, -0.1) is 5.92 Å². The number of aromatic amines is 1. The molecule has 1 unspecified atom stereocenters. The van der Waals surface area contributed by atoms with Crippen molar-refractivity contribution >= 4 is 16.9 Å². The molecular formula is C24H26N2O3. The van der Waals surface area contributed by atoms with Crippen LogP contribution in [0.4, 0.5) is 0 Å². The van der Waals surface area contributed by atoms with Gasteiger partial charge >= 0.3 is 5.97 Å². The number of hydrogen-bond donors (Lipinski definition) is 2. The van der Waals surface area contributed by atoms with Gasteiger partial charge in [0.05, 0.1) is 24.1 Å². The summed E-state index contributed by atoms with van der Waals surface area (Å²) in [6.45, 7) is 6.07. The van der Waals surface area contributed by atoms with E-state index >= 15 is 0 Å². The summed E-state index contributed by atoms with van der Waals surface area (Å²) >= 11 is 0. The van der Waals surface area contributed by atoms with E-state index in [-0.39, 0.29) is 18.4 Å². The van der Waals surface area contributed by atoms with Gasteiger partial charge in [0.1, 0.15) is 11.9 Å². The lowest BCUT2D eigenvalue weighted by molar-refractivity contribution is -0.137. The smallest absolute Gasteiger partial charge is 0.304 e. The van der Waals surface area contributed by atoms with Crippen molar-refractivity contribution in [2.24, 2.45) is 5.92 Å². The zero-order valence-corrected chi connectivity index (χ0v) is 17.0. The molecule has 0 saturated heterocycles. The highest BCUT2D eigenvalue weighted by molar-refractivity contribution is 5.78. The van der Waals surface area contributed by atoms with Crippen LogP contribution in [0.15, 0.2) is 48.7 Å².